The van der Waals surface area contributed by atoms with Crippen molar-refractivity contribution in [3.63, 3.8) is 0 Å². The van der Waals surface area contributed by atoms with Gasteiger partial charge in [0.2, 0.25) is 0 Å². The molecule has 30 heavy (non-hydrogen) atoms. The smallest absolute Gasteiger partial charge is 0.349 e. The van der Waals surface area contributed by atoms with Crippen molar-refractivity contribution in [2.24, 2.45) is 17.8 Å². The van der Waals surface area contributed by atoms with Gasteiger partial charge in [0.25, 0.3) is 5.91 Å². The van der Waals surface area contributed by atoms with E-state index in [1.807, 2.05) is 6.07 Å². The molecule has 1 aromatic carbocycles. The third-order valence-corrected chi connectivity index (χ3v) is 8.50. The van der Waals surface area contributed by atoms with Crippen molar-refractivity contribution in [3.05, 3.63) is 55.8 Å². The molecule has 0 saturated heterocycles. The molecule has 0 aliphatic heterocycles. The standard InChI is InChI=1S/C23H21BrN2O3S/c24-16-1-2-18-15(6-16)7-17(21(28)29-18)20(27)26-22-25-19(11-30-22)23-8-12-3-13(9-23)5-14(4-12)10-23/h1-2,6-7,11-14H,3-5,8-10H2,(H,25,26,27). The number of anilines is 1. The molecule has 7 heteroatoms. The Kier molecular flexibility index (Phi) is 4.22. The Morgan fingerprint density at radius 2 is 1.83 bits per heavy atom. The number of carbonyl (C=O) groups excluding carboxylic acids is 1. The van der Waals surface area contributed by atoms with Crippen LogP contribution in [0.4, 0.5) is 5.13 Å². The van der Waals surface area contributed by atoms with Crippen molar-refractivity contribution in [3.8, 4) is 0 Å². The highest BCUT2D eigenvalue weighted by Gasteiger charge is 2.52. The maximum atomic E-state index is 12.8. The van der Waals surface area contributed by atoms with Crippen LogP contribution < -0.4 is 10.9 Å². The minimum atomic E-state index is -0.639. The first-order valence-electron chi connectivity index (χ1n) is 10.5. The number of fused-ring (bicyclic) bond motifs is 1. The van der Waals surface area contributed by atoms with Gasteiger partial charge >= 0.3 is 5.63 Å². The molecule has 5 nitrogen and oxygen atoms in total. The van der Waals surface area contributed by atoms with Crippen LogP contribution in [0.5, 0.6) is 0 Å². The predicted molar refractivity (Wildman–Crippen MR) is 120 cm³/mol. The molecule has 4 aliphatic carbocycles. The van der Waals surface area contributed by atoms with Crippen LogP contribution in [0, 0.1) is 17.8 Å². The zero-order valence-electron chi connectivity index (χ0n) is 16.3. The molecule has 7 rings (SSSR count). The van der Waals surface area contributed by atoms with E-state index in [-0.39, 0.29) is 11.0 Å². The second-order valence-corrected chi connectivity index (χ2v) is 11.1. The molecule has 2 aromatic heterocycles. The van der Waals surface area contributed by atoms with E-state index >= 15 is 0 Å². The molecular weight excluding hydrogens is 464 g/mol. The Balaban J connectivity index is 1.27. The van der Waals surface area contributed by atoms with E-state index in [1.165, 1.54) is 49.9 Å². The van der Waals surface area contributed by atoms with Gasteiger partial charge in [-0.3, -0.25) is 10.1 Å². The van der Waals surface area contributed by atoms with Crippen molar-refractivity contribution in [1.29, 1.82) is 0 Å². The lowest BCUT2D eigenvalue weighted by molar-refractivity contribution is -0.00688. The summed E-state index contributed by atoms with van der Waals surface area (Å²) in [5, 5.41) is 6.19. The summed E-state index contributed by atoms with van der Waals surface area (Å²) in [5.41, 5.74) is 1.14. The lowest BCUT2D eigenvalue weighted by Gasteiger charge is -2.56. The summed E-state index contributed by atoms with van der Waals surface area (Å²) in [6.07, 6.45) is 7.88. The number of hydrogen-bond donors (Lipinski definition) is 1. The second kappa shape index (κ2) is 6.76. The monoisotopic (exact) mass is 484 g/mol. The van der Waals surface area contributed by atoms with Crippen LogP contribution in [-0.4, -0.2) is 10.9 Å². The number of hydrogen-bond acceptors (Lipinski definition) is 5. The SMILES string of the molecule is O=C(Nc1nc(C23CC4CC(CC(C4)C2)C3)cs1)c1cc2cc(Br)ccc2oc1=O. The summed E-state index contributed by atoms with van der Waals surface area (Å²) in [6, 6.07) is 6.91. The van der Waals surface area contributed by atoms with Gasteiger partial charge in [-0.1, -0.05) is 15.9 Å². The lowest BCUT2D eigenvalue weighted by Crippen LogP contribution is -2.48. The second-order valence-electron chi connectivity index (χ2n) is 9.32. The van der Waals surface area contributed by atoms with Crippen molar-refractivity contribution < 1.29 is 9.21 Å². The van der Waals surface area contributed by atoms with E-state index in [0.29, 0.717) is 16.1 Å². The minimum absolute atomic E-state index is 0.00726. The van der Waals surface area contributed by atoms with Gasteiger partial charge < -0.3 is 4.42 Å². The minimum Gasteiger partial charge on any atom is -0.422 e. The molecule has 4 fully saturated rings. The molecule has 4 saturated carbocycles. The molecule has 4 bridgehead atoms. The average Bonchev–Trinajstić information content (AvgIpc) is 3.16. The fourth-order valence-corrected chi connectivity index (χ4v) is 7.62. The summed E-state index contributed by atoms with van der Waals surface area (Å²) < 4.78 is 6.18. The number of carbonyl (C=O) groups is 1. The summed E-state index contributed by atoms with van der Waals surface area (Å²) >= 11 is 4.86. The Hall–Kier alpha value is -1.99. The highest BCUT2D eigenvalue weighted by atomic mass is 79.9. The molecule has 1 N–H and O–H groups in total. The van der Waals surface area contributed by atoms with E-state index in [9.17, 15) is 9.59 Å². The molecule has 0 atom stereocenters. The third-order valence-electron chi connectivity index (χ3n) is 7.25. The van der Waals surface area contributed by atoms with Crippen molar-refractivity contribution in [2.45, 2.75) is 43.9 Å². The Morgan fingerprint density at radius 1 is 1.13 bits per heavy atom. The van der Waals surface area contributed by atoms with Crippen LogP contribution >= 0.6 is 27.3 Å². The average molecular weight is 485 g/mol. The van der Waals surface area contributed by atoms with Crippen LogP contribution in [-0.2, 0) is 5.41 Å². The normalized spacial score (nSPS) is 29.4. The van der Waals surface area contributed by atoms with E-state index in [1.54, 1.807) is 18.2 Å². The molecular formula is C23H21BrN2O3S. The van der Waals surface area contributed by atoms with Crippen molar-refractivity contribution in [1.82, 2.24) is 4.98 Å². The zero-order chi connectivity index (χ0) is 20.5. The number of rotatable bonds is 3. The van der Waals surface area contributed by atoms with Crippen LogP contribution in [0.3, 0.4) is 0 Å². The number of benzene rings is 1. The van der Waals surface area contributed by atoms with Gasteiger partial charge in [-0.15, -0.1) is 11.3 Å². The summed E-state index contributed by atoms with van der Waals surface area (Å²) in [7, 11) is 0. The van der Waals surface area contributed by atoms with Crippen molar-refractivity contribution in [2.75, 3.05) is 5.32 Å². The quantitative estimate of drug-likeness (QED) is 0.481. The Morgan fingerprint density at radius 3 is 2.53 bits per heavy atom. The Bertz CT molecular complexity index is 1200. The first kappa shape index (κ1) is 18.8. The predicted octanol–water partition coefficient (Wildman–Crippen LogP) is 5.73. The number of aromatic nitrogens is 1. The first-order chi connectivity index (χ1) is 14.5. The molecule has 2 heterocycles. The zero-order valence-corrected chi connectivity index (χ0v) is 18.7. The molecule has 0 spiro atoms. The molecule has 154 valence electrons. The van der Waals surface area contributed by atoms with Gasteiger partial charge in [-0.25, -0.2) is 9.78 Å². The number of halogens is 1. The molecule has 3 aromatic rings. The third kappa shape index (κ3) is 3.05. The largest absolute Gasteiger partial charge is 0.422 e. The molecule has 0 radical (unpaired) electrons. The fraction of sp³-hybridized carbons (Fsp3) is 0.435. The van der Waals surface area contributed by atoms with E-state index in [0.717, 1.165) is 27.9 Å². The maximum absolute atomic E-state index is 12.8. The van der Waals surface area contributed by atoms with Crippen LogP contribution in [0.15, 0.2) is 43.3 Å². The number of nitrogens with one attached hydrogen (secondary N) is 1. The van der Waals surface area contributed by atoms with Crippen LogP contribution in [0.25, 0.3) is 11.0 Å². The van der Waals surface area contributed by atoms with Gasteiger partial charge in [-0.05, 0) is 80.5 Å². The van der Waals surface area contributed by atoms with E-state index < -0.39 is 11.5 Å². The molecule has 1 amide bonds. The number of nitrogens with zero attached hydrogens (tertiary/aromatic N) is 1. The van der Waals surface area contributed by atoms with Gasteiger partial charge in [-0.2, -0.15) is 0 Å². The molecule has 4 aliphatic rings. The van der Waals surface area contributed by atoms with Gasteiger partial charge in [0, 0.05) is 20.7 Å². The van der Waals surface area contributed by atoms with Crippen LogP contribution in [0.2, 0.25) is 0 Å². The van der Waals surface area contributed by atoms with Crippen LogP contribution in [0.1, 0.15) is 54.6 Å². The lowest BCUT2D eigenvalue weighted by atomic mass is 9.49. The Labute approximate surface area is 186 Å². The maximum Gasteiger partial charge on any atom is 0.349 e. The van der Waals surface area contributed by atoms with Gasteiger partial charge in [0.15, 0.2) is 5.13 Å². The summed E-state index contributed by atoms with van der Waals surface area (Å²) in [6.45, 7) is 0. The van der Waals surface area contributed by atoms with E-state index in [2.05, 4.69) is 26.6 Å². The van der Waals surface area contributed by atoms with Gasteiger partial charge in [0.05, 0.1) is 5.69 Å². The fourth-order valence-electron chi connectivity index (χ4n) is 6.42. The highest BCUT2D eigenvalue weighted by Crippen LogP contribution is 2.60. The molecule has 0 unspecified atom stereocenters. The van der Waals surface area contributed by atoms with E-state index in [4.69, 9.17) is 9.40 Å². The van der Waals surface area contributed by atoms with Gasteiger partial charge in [0.1, 0.15) is 11.1 Å². The first-order valence-corrected chi connectivity index (χ1v) is 12.2. The summed E-state index contributed by atoms with van der Waals surface area (Å²) in [4.78, 5) is 30.0. The van der Waals surface area contributed by atoms with Crippen molar-refractivity contribution >= 4 is 49.3 Å². The topological polar surface area (TPSA) is 72.2 Å². The number of thiazole rings is 1. The highest BCUT2D eigenvalue weighted by molar-refractivity contribution is 9.10. The summed E-state index contributed by atoms with van der Waals surface area (Å²) in [5.74, 6) is 2.06. The number of amides is 1.